The van der Waals surface area contributed by atoms with E-state index in [1.54, 1.807) is 0 Å². The highest BCUT2D eigenvalue weighted by molar-refractivity contribution is 6.06. The fourth-order valence-corrected chi connectivity index (χ4v) is 2.13. The molecule has 1 fully saturated rings. The average Bonchev–Trinajstić information content (AvgIpc) is 2.92. The number of ether oxygens (including phenoxy) is 2. The Morgan fingerprint density at radius 1 is 1.65 bits per heavy atom. The van der Waals surface area contributed by atoms with Gasteiger partial charge < -0.3 is 20.1 Å². The van der Waals surface area contributed by atoms with Gasteiger partial charge in [0.1, 0.15) is 5.70 Å². The van der Waals surface area contributed by atoms with Gasteiger partial charge in [-0.2, -0.15) is 0 Å². The van der Waals surface area contributed by atoms with E-state index in [0.717, 1.165) is 19.4 Å². The van der Waals surface area contributed by atoms with Crippen molar-refractivity contribution in [1.82, 2.24) is 4.90 Å². The third kappa shape index (κ3) is 2.26. The van der Waals surface area contributed by atoms with Crippen LogP contribution in [0.3, 0.4) is 0 Å². The van der Waals surface area contributed by atoms with Gasteiger partial charge in [0, 0.05) is 13.2 Å². The van der Waals surface area contributed by atoms with Crippen molar-refractivity contribution in [3.8, 4) is 0 Å². The minimum Gasteiger partial charge on any atom is -0.466 e. The average molecular weight is 240 g/mol. The molecule has 2 aliphatic rings. The van der Waals surface area contributed by atoms with Crippen molar-refractivity contribution in [1.29, 1.82) is 0 Å². The molecule has 0 aromatic carbocycles. The van der Waals surface area contributed by atoms with Crippen LogP contribution in [-0.2, 0) is 19.1 Å². The number of nitrogens with zero attached hydrogens (tertiary/aromatic N) is 1. The Balaban J connectivity index is 2.00. The Morgan fingerprint density at radius 2 is 2.41 bits per heavy atom. The van der Waals surface area contributed by atoms with Gasteiger partial charge in [0.2, 0.25) is 0 Å². The summed E-state index contributed by atoms with van der Waals surface area (Å²) in [6.45, 7) is 1.44. The zero-order valence-electron chi connectivity index (χ0n) is 9.77. The maximum Gasteiger partial charge on any atom is 0.337 e. The van der Waals surface area contributed by atoms with Crippen LogP contribution in [0, 0.1) is 0 Å². The molecule has 2 rings (SSSR count). The van der Waals surface area contributed by atoms with Crippen LogP contribution in [0.15, 0.2) is 11.3 Å². The molecular weight excluding hydrogens is 224 g/mol. The van der Waals surface area contributed by atoms with Crippen LogP contribution in [0.2, 0.25) is 0 Å². The van der Waals surface area contributed by atoms with Crippen molar-refractivity contribution in [3.63, 3.8) is 0 Å². The van der Waals surface area contributed by atoms with Crippen LogP contribution in [0.25, 0.3) is 0 Å². The molecule has 0 radical (unpaired) electrons. The monoisotopic (exact) mass is 240 g/mol. The van der Waals surface area contributed by atoms with Gasteiger partial charge in [-0.15, -0.1) is 0 Å². The van der Waals surface area contributed by atoms with Crippen molar-refractivity contribution >= 4 is 11.9 Å². The Hall–Kier alpha value is -1.56. The number of carbonyl (C=O) groups is 2. The standard InChI is InChI=1S/C11H16N2O4/c1-16-11(15)8-6-13(10(14)9(8)12)5-7-3-2-4-17-7/h7H,2-6,12H2,1H3/t7-/m1/s1. The van der Waals surface area contributed by atoms with Crippen LogP contribution in [0.5, 0.6) is 0 Å². The van der Waals surface area contributed by atoms with Crippen molar-refractivity contribution in [2.75, 3.05) is 26.8 Å². The summed E-state index contributed by atoms with van der Waals surface area (Å²) in [7, 11) is 1.27. The lowest BCUT2D eigenvalue weighted by molar-refractivity contribution is -0.136. The van der Waals surface area contributed by atoms with Gasteiger partial charge in [-0.05, 0) is 12.8 Å². The predicted octanol–water partition coefficient (Wildman–Crippen LogP) is -0.607. The first-order valence-electron chi connectivity index (χ1n) is 5.61. The molecule has 0 aromatic rings. The smallest absolute Gasteiger partial charge is 0.337 e. The van der Waals surface area contributed by atoms with Gasteiger partial charge in [-0.25, -0.2) is 4.79 Å². The highest BCUT2D eigenvalue weighted by Gasteiger charge is 2.34. The van der Waals surface area contributed by atoms with E-state index in [1.165, 1.54) is 12.0 Å². The molecule has 2 aliphatic heterocycles. The Bertz CT molecular complexity index is 372. The largest absolute Gasteiger partial charge is 0.466 e. The van der Waals surface area contributed by atoms with Crippen LogP contribution in [0.4, 0.5) is 0 Å². The van der Waals surface area contributed by atoms with E-state index in [4.69, 9.17) is 10.5 Å². The molecule has 1 amide bonds. The van der Waals surface area contributed by atoms with E-state index in [-0.39, 0.29) is 29.8 Å². The quantitative estimate of drug-likeness (QED) is 0.666. The molecule has 0 aromatic heterocycles. The maximum absolute atomic E-state index is 11.8. The van der Waals surface area contributed by atoms with E-state index >= 15 is 0 Å². The third-order valence-corrected chi connectivity index (χ3v) is 3.07. The van der Waals surface area contributed by atoms with Gasteiger partial charge in [-0.3, -0.25) is 4.79 Å². The minimum absolute atomic E-state index is 0.00477. The highest BCUT2D eigenvalue weighted by atomic mass is 16.5. The molecule has 17 heavy (non-hydrogen) atoms. The molecule has 0 unspecified atom stereocenters. The Morgan fingerprint density at radius 3 is 3.00 bits per heavy atom. The molecule has 6 nitrogen and oxygen atoms in total. The summed E-state index contributed by atoms with van der Waals surface area (Å²) in [5.74, 6) is -0.841. The second-order valence-corrected chi connectivity index (χ2v) is 4.20. The summed E-state index contributed by atoms with van der Waals surface area (Å²) in [6, 6.07) is 0. The first-order chi connectivity index (χ1) is 8.13. The number of amides is 1. The number of esters is 1. The van der Waals surface area contributed by atoms with Gasteiger partial charge in [0.25, 0.3) is 5.91 Å². The van der Waals surface area contributed by atoms with Crippen molar-refractivity contribution in [3.05, 3.63) is 11.3 Å². The van der Waals surface area contributed by atoms with E-state index < -0.39 is 5.97 Å². The molecule has 1 atom stereocenters. The number of rotatable bonds is 3. The van der Waals surface area contributed by atoms with Crippen LogP contribution in [-0.4, -0.2) is 49.7 Å². The zero-order valence-corrected chi connectivity index (χ0v) is 9.77. The Labute approximate surface area is 99.3 Å². The molecule has 94 valence electrons. The maximum atomic E-state index is 11.8. The van der Waals surface area contributed by atoms with Crippen molar-refractivity contribution in [2.24, 2.45) is 5.73 Å². The van der Waals surface area contributed by atoms with Gasteiger partial charge in [-0.1, -0.05) is 0 Å². The van der Waals surface area contributed by atoms with E-state index in [9.17, 15) is 9.59 Å². The topological polar surface area (TPSA) is 81.9 Å². The van der Waals surface area contributed by atoms with Gasteiger partial charge in [0.05, 0.1) is 25.3 Å². The molecule has 2 N–H and O–H groups in total. The minimum atomic E-state index is -0.536. The van der Waals surface area contributed by atoms with E-state index in [0.29, 0.717) is 6.54 Å². The highest BCUT2D eigenvalue weighted by Crippen LogP contribution is 2.20. The molecule has 0 aliphatic carbocycles. The number of hydrogen-bond donors (Lipinski definition) is 1. The number of carbonyl (C=O) groups excluding carboxylic acids is 2. The number of methoxy groups -OCH3 is 1. The van der Waals surface area contributed by atoms with Gasteiger partial charge >= 0.3 is 5.97 Å². The SMILES string of the molecule is COC(=O)C1=C(N)C(=O)N(C[C@H]2CCCO2)C1. The molecule has 1 saturated heterocycles. The number of hydrogen-bond acceptors (Lipinski definition) is 5. The molecular formula is C11H16N2O4. The molecule has 2 heterocycles. The summed E-state index contributed by atoms with van der Waals surface area (Å²) in [5, 5.41) is 0. The lowest BCUT2D eigenvalue weighted by Crippen LogP contribution is -2.35. The van der Waals surface area contributed by atoms with Crippen molar-refractivity contribution in [2.45, 2.75) is 18.9 Å². The summed E-state index contributed by atoms with van der Waals surface area (Å²) in [6.07, 6.45) is 2.01. The molecule has 0 saturated carbocycles. The van der Waals surface area contributed by atoms with Crippen LogP contribution in [0.1, 0.15) is 12.8 Å². The predicted molar refractivity (Wildman–Crippen MR) is 58.8 cm³/mol. The fraction of sp³-hybridized carbons (Fsp3) is 0.636. The second kappa shape index (κ2) is 4.75. The second-order valence-electron chi connectivity index (χ2n) is 4.20. The lowest BCUT2D eigenvalue weighted by atomic mass is 10.2. The first kappa shape index (κ1) is 11.9. The number of nitrogens with two attached hydrogens (primary N) is 1. The van der Waals surface area contributed by atoms with E-state index in [1.807, 2.05) is 0 Å². The molecule has 6 heteroatoms. The van der Waals surface area contributed by atoms with Crippen LogP contribution >= 0.6 is 0 Å². The third-order valence-electron chi connectivity index (χ3n) is 3.07. The van der Waals surface area contributed by atoms with Crippen LogP contribution < -0.4 is 5.73 Å². The Kier molecular flexibility index (Phi) is 3.33. The normalized spacial score (nSPS) is 24.6. The summed E-state index contributed by atoms with van der Waals surface area (Å²) in [4.78, 5) is 24.7. The van der Waals surface area contributed by atoms with Crippen molar-refractivity contribution < 1.29 is 19.1 Å². The van der Waals surface area contributed by atoms with E-state index in [2.05, 4.69) is 4.74 Å². The molecule has 0 spiro atoms. The first-order valence-corrected chi connectivity index (χ1v) is 5.61. The summed E-state index contributed by atoms with van der Waals surface area (Å²) in [5.41, 5.74) is 5.85. The fourth-order valence-electron chi connectivity index (χ4n) is 2.13. The van der Waals surface area contributed by atoms with Gasteiger partial charge in [0.15, 0.2) is 0 Å². The zero-order chi connectivity index (χ0) is 12.4. The lowest BCUT2D eigenvalue weighted by Gasteiger charge is -2.20. The summed E-state index contributed by atoms with van der Waals surface area (Å²) < 4.78 is 10.0. The summed E-state index contributed by atoms with van der Waals surface area (Å²) >= 11 is 0. The molecule has 0 bridgehead atoms.